The normalized spacial score (nSPS) is 17.4. The molecule has 26 heavy (non-hydrogen) atoms. The first kappa shape index (κ1) is 18.3. The average molecular weight is 354 g/mol. The van der Waals surface area contributed by atoms with Gasteiger partial charge in [0, 0.05) is 30.9 Å². The van der Waals surface area contributed by atoms with Crippen LogP contribution in [0.15, 0.2) is 30.6 Å². The van der Waals surface area contributed by atoms with Crippen molar-refractivity contribution in [1.82, 2.24) is 24.8 Å². The van der Waals surface area contributed by atoms with E-state index in [9.17, 15) is 4.79 Å². The standard InChI is InChI=1S/C19H26N6O/c1-14-6-4-8-17(21-14)23-18-11-20-10-16(22-18)15-7-5-9-25(12-15)19(26)13-24(2)3/h4,6,8,10-11,15H,5,7,9,12-13H2,1-3H3,(H,21,22,23). The summed E-state index contributed by atoms with van der Waals surface area (Å²) in [5.41, 5.74) is 1.87. The van der Waals surface area contributed by atoms with E-state index in [0.29, 0.717) is 18.9 Å². The summed E-state index contributed by atoms with van der Waals surface area (Å²) in [4.78, 5) is 29.7. The molecule has 1 N–H and O–H groups in total. The van der Waals surface area contributed by atoms with Crippen molar-refractivity contribution in [2.45, 2.75) is 25.7 Å². The molecular weight excluding hydrogens is 328 g/mol. The van der Waals surface area contributed by atoms with Crippen molar-refractivity contribution in [3.8, 4) is 0 Å². The zero-order chi connectivity index (χ0) is 18.5. The Morgan fingerprint density at radius 1 is 1.27 bits per heavy atom. The van der Waals surface area contributed by atoms with E-state index < -0.39 is 0 Å². The first-order chi connectivity index (χ1) is 12.5. The topological polar surface area (TPSA) is 74.2 Å². The highest BCUT2D eigenvalue weighted by Gasteiger charge is 2.26. The monoisotopic (exact) mass is 354 g/mol. The number of hydrogen-bond acceptors (Lipinski definition) is 6. The molecule has 1 fully saturated rings. The van der Waals surface area contributed by atoms with Crippen LogP contribution in [0.5, 0.6) is 0 Å². The van der Waals surface area contributed by atoms with Crippen LogP contribution in [0.25, 0.3) is 0 Å². The summed E-state index contributed by atoms with van der Waals surface area (Å²) in [5, 5.41) is 3.21. The van der Waals surface area contributed by atoms with Crippen molar-refractivity contribution in [3.05, 3.63) is 42.0 Å². The summed E-state index contributed by atoms with van der Waals surface area (Å²) in [7, 11) is 3.83. The molecule has 3 heterocycles. The number of rotatable bonds is 5. The molecule has 1 unspecified atom stereocenters. The largest absolute Gasteiger partial charge is 0.341 e. The van der Waals surface area contributed by atoms with Gasteiger partial charge >= 0.3 is 0 Å². The lowest BCUT2D eigenvalue weighted by molar-refractivity contribution is -0.133. The zero-order valence-electron chi connectivity index (χ0n) is 15.6. The second-order valence-corrected chi connectivity index (χ2v) is 7.04. The van der Waals surface area contributed by atoms with Gasteiger partial charge < -0.3 is 15.1 Å². The minimum absolute atomic E-state index is 0.172. The Morgan fingerprint density at radius 3 is 2.88 bits per heavy atom. The summed E-state index contributed by atoms with van der Waals surface area (Å²) in [6, 6.07) is 5.82. The summed E-state index contributed by atoms with van der Waals surface area (Å²) in [5.74, 6) is 1.82. The SMILES string of the molecule is Cc1cccc(Nc2cncc(C3CCCN(C(=O)CN(C)C)C3)n2)n1. The van der Waals surface area contributed by atoms with Gasteiger partial charge in [-0.2, -0.15) is 0 Å². The number of carbonyl (C=O) groups is 1. The fraction of sp³-hybridized carbons (Fsp3) is 0.474. The van der Waals surface area contributed by atoms with E-state index in [1.807, 2.05) is 49.0 Å². The number of aryl methyl sites for hydroxylation is 1. The molecule has 7 nitrogen and oxygen atoms in total. The minimum atomic E-state index is 0.172. The lowest BCUT2D eigenvalue weighted by atomic mass is 9.95. The molecule has 7 heteroatoms. The second kappa shape index (κ2) is 8.23. The summed E-state index contributed by atoms with van der Waals surface area (Å²) in [6.45, 7) is 3.92. The van der Waals surface area contributed by atoms with Crippen molar-refractivity contribution in [3.63, 3.8) is 0 Å². The molecule has 2 aromatic heterocycles. The Kier molecular flexibility index (Phi) is 5.78. The lowest BCUT2D eigenvalue weighted by Crippen LogP contribution is -2.43. The summed E-state index contributed by atoms with van der Waals surface area (Å²) in [6.07, 6.45) is 5.51. The van der Waals surface area contributed by atoms with Gasteiger partial charge in [0.25, 0.3) is 0 Å². The van der Waals surface area contributed by atoms with Crippen molar-refractivity contribution in [2.75, 3.05) is 39.0 Å². The molecule has 1 amide bonds. The average Bonchev–Trinajstić information content (AvgIpc) is 2.61. The molecule has 138 valence electrons. The van der Waals surface area contributed by atoms with Gasteiger partial charge in [-0.3, -0.25) is 9.78 Å². The van der Waals surface area contributed by atoms with Crippen LogP contribution in [-0.4, -0.2) is 64.4 Å². The number of amides is 1. The minimum Gasteiger partial charge on any atom is -0.341 e. The molecule has 2 aromatic rings. The van der Waals surface area contributed by atoms with Crippen LogP contribution in [0.3, 0.4) is 0 Å². The Morgan fingerprint density at radius 2 is 2.12 bits per heavy atom. The predicted molar refractivity (Wildman–Crippen MR) is 101 cm³/mol. The van der Waals surface area contributed by atoms with E-state index in [1.54, 1.807) is 12.4 Å². The maximum atomic E-state index is 12.4. The van der Waals surface area contributed by atoms with E-state index in [4.69, 9.17) is 4.98 Å². The highest BCUT2D eigenvalue weighted by molar-refractivity contribution is 5.78. The molecule has 0 radical (unpaired) electrons. The molecule has 1 saturated heterocycles. The third-order valence-corrected chi connectivity index (χ3v) is 4.44. The van der Waals surface area contributed by atoms with Crippen LogP contribution in [0.4, 0.5) is 11.6 Å². The van der Waals surface area contributed by atoms with Gasteiger partial charge in [0.05, 0.1) is 18.4 Å². The zero-order valence-corrected chi connectivity index (χ0v) is 15.6. The highest BCUT2D eigenvalue weighted by Crippen LogP contribution is 2.26. The Balaban J connectivity index is 1.70. The van der Waals surface area contributed by atoms with Gasteiger partial charge in [-0.15, -0.1) is 0 Å². The Bertz CT molecular complexity index is 763. The molecule has 3 rings (SSSR count). The maximum absolute atomic E-state index is 12.4. The van der Waals surface area contributed by atoms with Crippen LogP contribution in [0.2, 0.25) is 0 Å². The maximum Gasteiger partial charge on any atom is 0.236 e. The van der Waals surface area contributed by atoms with Gasteiger partial charge in [-0.05, 0) is 46.0 Å². The van der Waals surface area contributed by atoms with Crippen molar-refractivity contribution in [1.29, 1.82) is 0 Å². The van der Waals surface area contributed by atoms with Crippen molar-refractivity contribution < 1.29 is 4.79 Å². The number of nitrogens with zero attached hydrogens (tertiary/aromatic N) is 5. The Labute approximate surface area is 154 Å². The van der Waals surface area contributed by atoms with Crippen LogP contribution < -0.4 is 5.32 Å². The molecule has 0 aliphatic carbocycles. The number of nitrogens with one attached hydrogen (secondary N) is 1. The number of likely N-dealkylation sites (N-methyl/N-ethyl adjacent to an activating group) is 1. The number of pyridine rings is 1. The number of carbonyl (C=O) groups excluding carboxylic acids is 1. The number of anilines is 2. The quantitative estimate of drug-likeness (QED) is 0.887. The molecule has 1 aliphatic heterocycles. The summed E-state index contributed by atoms with van der Waals surface area (Å²) < 4.78 is 0. The van der Waals surface area contributed by atoms with E-state index >= 15 is 0 Å². The third kappa shape index (κ3) is 4.76. The van der Waals surface area contributed by atoms with E-state index in [1.165, 1.54) is 0 Å². The predicted octanol–water partition coefficient (Wildman–Crippen LogP) is 2.19. The highest BCUT2D eigenvalue weighted by atomic mass is 16.2. The molecule has 0 spiro atoms. The molecule has 1 atom stereocenters. The fourth-order valence-corrected chi connectivity index (χ4v) is 3.20. The molecule has 0 bridgehead atoms. The first-order valence-electron chi connectivity index (χ1n) is 8.96. The second-order valence-electron chi connectivity index (χ2n) is 7.04. The van der Waals surface area contributed by atoms with Gasteiger partial charge in [0.2, 0.25) is 5.91 Å². The van der Waals surface area contributed by atoms with Gasteiger partial charge in [-0.1, -0.05) is 6.07 Å². The van der Waals surface area contributed by atoms with Crippen LogP contribution in [0.1, 0.15) is 30.1 Å². The molecular formula is C19H26N6O. The lowest BCUT2D eigenvalue weighted by Gasteiger charge is -2.33. The fourth-order valence-electron chi connectivity index (χ4n) is 3.20. The molecule has 0 saturated carbocycles. The van der Waals surface area contributed by atoms with Crippen LogP contribution in [-0.2, 0) is 4.79 Å². The van der Waals surface area contributed by atoms with E-state index in [0.717, 1.165) is 36.6 Å². The van der Waals surface area contributed by atoms with Crippen LogP contribution in [0, 0.1) is 6.92 Å². The van der Waals surface area contributed by atoms with Crippen LogP contribution >= 0.6 is 0 Å². The number of aromatic nitrogens is 3. The number of piperidine rings is 1. The smallest absolute Gasteiger partial charge is 0.236 e. The Hall–Kier alpha value is -2.54. The first-order valence-corrected chi connectivity index (χ1v) is 8.96. The van der Waals surface area contributed by atoms with Crippen molar-refractivity contribution in [2.24, 2.45) is 0 Å². The number of hydrogen-bond donors (Lipinski definition) is 1. The molecule has 0 aromatic carbocycles. The van der Waals surface area contributed by atoms with E-state index in [2.05, 4.69) is 15.3 Å². The van der Waals surface area contributed by atoms with Gasteiger partial charge in [0.1, 0.15) is 11.6 Å². The molecule has 1 aliphatic rings. The third-order valence-electron chi connectivity index (χ3n) is 4.44. The van der Waals surface area contributed by atoms with Crippen molar-refractivity contribution >= 4 is 17.5 Å². The summed E-state index contributed by atoms with van der Waals surface area (Å²) >= 11 is 0. The van der Waals surface area contributed by atoms with Gasteiger partial charge in [0.15, 0.2) is 0 Å². The van der Waals surface area contributed by atoms with Gasteiger partial charge in [-0.25, -0.2) is 9.97 Å². The van der Waals surface area contributed by atoms with E-state index in [-0.39, 0.29) is 11.8 Å². The number of likely N-dealkylation sites (tertiary alicyclic amines) is 1.